The third-order valence-corrected chi connectivity index (χ3v) is 6.41. The van der Waals surface area contributed by atoms with Crippen LogP contribution >= 0.6 is 11.6 Å². The molecule has 5 rings (SSSR count). The fraction of sp³-hybridized carbons (Fsp3) is 0.304. The first kappa shape index (κ1) is 23.4. The number of carbonyl (C=O) groups is 1. The minimum Gasteiger partial charge on any atom is -0.393 e. The molecule has 0 unspecified atom stereocenters. The Kier molecular flexibility index (Phi) is 5.64. The number of nitrogens with one attached hydrogen (secondary N) is 1. The first-order valence-electron chi connectivity index (χ1n) is 10.7. The molecular formula is C23H18ClF4N5O2. The van der Waals surface area contributed by atoms with Crippen LogP contribution in [-0.4, -0.2) is 43.4 Å². The van der Waals surface area contributed by atoms with Gasteiger partial charge in [-0.15, -0.1) is 0 Å². The minimum absolute atomic E-state index is 0.0258. The number of hydrogen-bond donors (Lipinski definition) is 2. The Morgan fingerprint density at radius 1 is 1.26 bits per heavy atom. The van der Waals surface area contributed by atoms with Crippen LogP contribution in [-0.2, 0) is 6.18 Å². The molecule has 12 heteroatoms. The van der Waals surface area contributed by atoms with E-state index in [9.17, 15) is 27.5 Å². The standard InChI is InChI=1S/C23H18ClF4N5O2/c1-10-21-32-15(22(35)31-11-7-12(34)8-11)9-33(21)16-5-4-13(23(26,27)28)18(24)17(16)20(30-10)19-14(25)3-2-6-29-19/h2-6,9-12,34H,7-8H2,1H3,(H,31,35)/t10-,11-,12-/m0/s1. The lowest BCUT2D eigenvalue weighted by Gasteiger charge is -2.31. The highest BCUT2D eigenvalue weighted by atomic mass is 35.5. The summed E-state index contributed by atoms with van der Waals surface area (Å²) in [6, 6.07) is 3.52. The zero-order valence-electron chi connectivity index (χ0n) is 18.1. The van der Waals surface area contributed by atoms with Gasteiger partial charge in [0.2, 0.25) is 0 Å². The van der Waals surface area contributed by atoms with E-state index < -0.39 is 40.6 Å². The number of carbonyl (C=O) groups excluding carboxylic acids is 1. The van der Waals surface area contributed by atoms with E-state index in [4.69, 9.17) is 11.6 Å². The van der Waals surface area contributed by atoms with Gasteiger partial charge < -0.3 is 15.0 Å². The van der Waals surface area contributed by atoms with Crippen molar-refractivity contribution in [2.45, 2.75) is 44.1 Å². The maximum Gasteiger partial charge on any atom is 0.417 e. The molecule has 1 atom stereocenters. The van der Waals surface area contributed by atoms with E-state index in [0.29, 0.717) is 12.8 Å². The number of hydrogen-bond acceptors (Lipinski definition) is 5. The highest BCUT2D eigenvalue weighted by molar-refractivity contribution is 6.37. The van der Waals surface area contributed by atoms with E-state index in [1.54, 1.807) is 6.92 Å². The Balaban J connectivity index is 1.68. The summed E-state index contributed by atoms with van der Waals surface area (Å²) in [5.74, 6) is -1.01. The van der Waals surface area contributed by atoms with Crippen LogP contribution < -0.4 is 5.32 Å². The number of aliphatic hydroxyl groups is 1. The van der Waals surface area contributed by atoms with Gasteiger partial charge in [0.25, 0.3) is 5.91 Å². The summed E-state index contributed by atoms with van der Waals surface area (Å²) >= 11 is 6.29. The minimum atomic E-state index is -4.77. The van der Waals surface area contributed by atoms with Crippen molar-refractivity contribution < 1.29 is 27.5 Å². The van der Waals surface area contributed by atoms with Gasteiger partial charge in [-0.1, -0.05) is 11.6 Å². The van der Waals surface area contributed by atoms with Gasteiger partial charge in [-0.3, -0.25) is 14.8 Å². The third kappa shape index (κ3) is 4.08. The Morgan fingerprint density at radius 2 is 2.00 bits per heavy atom. The average molecular weight is 508 g/mol. The molecular weight excluding hydrogens is 490 g/mol. The van der Waals surface area contributed by atoms with Gasteiger partial charge in [0.05, 0.1) is 28.1 Å². The summed E-state index contributed by atoms with van der Waals surface area (Å²) in [7, 11) is 0. The molecule has 1 fully saturated rings. The number of fused-ring (bicyclic) bond motifs is 3. The van der Waals surface area contributed by atoms with Gasteiger partial charge in [-0.05, 0) is 44.0 Å². The number of amides is 1. The van der Waals surface area contributed by atoms with Crippen molar-refractivity contribution >= 4 is 23.2 Å². The molecule has 182 valence electrons. The van der Waals surface area contributed by atoms with Crippen LogP contribution in [0.5, 0.6) is 0 Å². The highest BCUT2D eigenvalue weighted by Gasteiger charge is 2.38. The van der Waals surface area contributed by atoms with Crippen molar-refractivity contribution in [2.24, 2.45) is 4.99 Å². The molecule has 1 saturated carbocycles. The molecule has 1 aromatic carbocycles. The maximum absolute atomic E-state index is 14.7. The summed E-state index contributed by atoms with van der Waals surface area (Å²) in [6.07, 6.45) is -1.69. The van der Waals surface area contributed by atoms with E-state index in [-0.39, 0.29) is 40.2 Å². The zero-order valence-corrected chi connectivity index (χ0v) is 18.9. The fourth-order valence-electron chi connectivity index (χ4n) is 4.22. The molecule has 35 heavy (non-hydrogen) atoms. The summed E-state index contributed by atoms with van der Waals surface area (Å²) in [5.41, 5.74) is -1.51. The van der Waals surface area contributed by atoms with E-state index in [0.717, 1.165) is 12.1 Å². The Morgan fingerprint density at radius 3 is 2.66 bits per heavy atom. The molecule has 1 amide bonds. The van der Waals surface area contributed by atoms with Crippen LogP contribution in [0.2, 0.25) is 5.02 Å². The third-order valence-electron chi connectivity index (χ3n) is 6.02. The topological polar surface area (TPSA) is 92.4 Å². The number of rotatable bonds is 3. The summed E-state index contributed by atoms with van der Waals surface area (Å²) in [4.78, 5) is 25.6. The van der Waals surface area contributed by atoms with Crippen LogP contribution in [0.25, 0.3) is 5.69 Å². The van der Waals surface area contributed by atoms with Gasteiger partial charge in [-0.2, -0.15) is 13.2 Å². The van der Waals surface area contributed by atoms with Gasteiger partial charge in [0.1, 0.15) is 23.3 Å². The first-order valence-corrected chi connectivity index (χ1v) is 11.1. The SMILES string of the molecule is C[C@@H]1N=C(c2ncccc2F)c2c(ccc(C(F)(F)F)c2Cl)-n2cc(C(=O)N[C@H]3C[C@H](O)C3)nc21. The number of alkyl halides is 3. The molecule has 0 bridgehead atoms. The van der Waals surface area contributed by atoms with Gasteiger partial charge in [-0.25, -0.2) is 9.37 Å². The predicted molar refractivity (Wildman–Crippen MR) is 118 cm³/mol. The van der Waals surface area contributed by atoms with Crippen molar-refractivity contribution in [3.63, 3.8) is 0 Å². The van der Waals surface area contributed by atoms with Crippen LogP contribution in [0.1, 0.15) is 58.9 Å². The van der Waals surface area contributed by atoms with Crippen LogP contribution in [0, 0.1) is 5.82 Å². The predicted octanol–water partition coefficient (Wildman–Crippen LogP) is 4.24. The van der Waals surface area contributed by atoms with E-state index in [1.165, 1.54) is 29.1 Å². The number of halogens is 5. The van der Waals surface area contributed by atoms with Crippen molar-refractivity contribution in [1.82, 2.24) is 19.9 Å². The lowest BCUT2D eigenvalue weighted by molar-refractivity contribution is -0.137. The molecule has 0 radical (unpaired) electrons. The highest BCUT2D eigenvalue weighted by Crippen LogP contribution is 2.41. The van der Waals surface area contributed by atoms with E-state index in [2.05, 4.69) is 20.3 Å². The number of pyridine rings is 1. The first-order chi connectivity index (χ1) is 16.5. The number of aliphatic imine (C=N–C) groups is 1. The lowest BCUT2D eigenvalue weighted by atomic mass is 9.89. The van der Waals surface area contributed by atoms with Crippen molar-refractivity contribution in [2.75, 3.05) is 0 Å². The average Bonchev–Trinajstić information content (AvgIpc) is 3.17. The smallest absolute Gasteiger partial charge is 0.393 e. The van der Waals surface area contributed by atoms with Crippen LogP contribution in [0.15, 0.2) is 41.7 Å². The molecule has 0 saturated heterocycles. The fourth-order valence-corrected chi connectivity index (χ4v) is 4.58. The molecule has 2 N–H and O–H groups in total. The summed E-state index contributed by atoms with van der Waals surface area (Å²) in [5, 5.41) is 11.5. The second-order valence-electron chi connectivity index (χ2n) is 8.46. The molecule has 3 aromatic rings. The summed E-state index contributed by atoms with van der Waals surface area (Å²) in [6.45, 7) is 1.62. The number of aromatic nitrogens is 3. The van der Waals surface area contributed by atoms with Crippen LogP contribution in [0.4, 0.5) is 17.6 Å². The number of imidazole rings is 1. The second-order valence-corrected chi connectivity index (χ2v) is 8.83. The van der Waals surface area contributed by atoms with Crippen molar-refractivity contribution in [3.05, 3.63) is 75.8 Å². The lowest BCUT2D eigenvalue weighted by Crippen LogP contribution is -2.46. The molecule has 1 aliphatic carbocycles. The molecule has 2 aliphatic rings. The molecule has 0 spiro atoms. The molecule has 2 aromatic heterocycles. The number of aliphatic hydroxyl groups excluding tert-OH is 1. The largest absolute Gasteiger partial charge is 0.417 e. The van der Waals surface area contributed by atoms with Crippen molar-refractivity contribution in [3.8, 4) is 5.69 Å². The second kappa shape index (κ2) is 8.42. The van der Waals surface area contributed by atoms with Gasteiger partial charge in [0, 0.05) is 24.0 Å². The Bertz CT molecular complexity index is 1360. The Labute approximate surface area is 201 Å². The van der Waals surface area contributed by atoms with Gasteiger partial charge in [0.15, 0.2) is 5.82 Å². The Hall–Kier alpha value is -3.31. The van der Waals surface area contributed by atoms with E-state index in [1.807, 2.05) is 0 Å². The zero-order chi connectivity index (χ0) is 25.1. The number of benzene rings is 1. The monoisotopic (exact) mass is 507 g/mol. The number of nitrogens with zero attached hydrogens (tertiary/aromatic N) is 4. The van der Waals surface area contributed by atoms with Gasteiger partial charge >= 0.3 is 6.18 Å². The van der Waals surface area contributed by atoms with Crippen molar-refractivity contribution in [1.29, 1.82) is 0 Å². The molecule has 3 heterocycles. The quantitative estimate of drug-likeness (QED) is 0.519. The van der Waals surface area contributed by atoms with Crippen LogP contribution in [0.3, 0.4) is 0 Å². The maximum atomic E-state index is 14.7. The van der Waals surface area contributed by atoms with E-state index >= 15 is 0 Å². The molecule has 1 aliphatic heterocycles. The molecule has 7 nitrogen and oxygen atoms in total. The summed E-state index contributed by atoms with van der Waals surface area (Å²) < 4.78 is 57.2. The normalized spacial score (nSPS) is 21.3.